The molecule has 0 bridgehead atoms. The quantitative estimate of drug-likeness (QED) is 0.646. The zero-order valence-electron chi connectivity index (χ0n) is 7.68. The second-order valence-corrected chi connectivity index (χ2v) is 3.26. The van der Waals surface area contributed by atoms with E-state index < -0.39 is 0 Å². The Balaban J connectivity index is 2.29. The third-order valence-corrected chi connectivity index (χ3v) is 2.35. The van der Waals surface area contributed by atoms with Crippen LogP contribution in [0.1, 0.15) is 26.2 Å². The highest BCUT2D eigenvalue weighted by Gasteiger charge is 2.18. The van der Waals surface area contributed by atoms with Gasteiger partial charge in [0.15, 0.2) is 0 Å². The Morgan fingerprint density at radius 2 is 2.17 bits per heavy atom. The topological polar surface area (TPSA) is 29.1 Å². The fourth-order valence-corrected chi connectivity index (χ4v) is 1.54. The second-order valence-electron chi connectivity index (χ2n) is 3.26. The Bertz CT molecular complexity index is 169. The number of hydrogen-bond acceptors (Lipinski definition) is 2. The van der Waals surface area contributed by atoms with Gasteiger partial charge in [0.2, 0.25) is 0 Å². The van der Waals surface area contributed by atoms with Gasteiger partial charge in [0.1, 0.15) is 5.78 Å². The van der Waals surface area contributed by atoms with Crippen LogP contribution in [0, 0.1) is 5.92 Å². The number of hydrogen-bond donors (Lipinski definition) is 1. The molecule has 0 spiro atoms. The highest BCUT2D eigenvalue weighted by atomic mass is 16.1. The van der Waals surface area contributed by atoms with Crippen molar-refractivity contribution >= 4 is 5.78 Å². The number of rotatable bonds is 3. The molecule has 1 N–H and O–H groups in total. The molecule has 0 aromatic heterocycles. The molecular formula is C10H17NO. The van der Waals surface area contributed by atoms with Crippen molar-refractivity contribution in [2.24, 2.45) is 5.92 Å². The minimum absolute atomic E-state index is 0.322. The first-order valence-corrected chi connectivity index (χ1v) is 4.69. The van der Waals surface area contributed by atoms with Crippen molar-refractivity contribution in [2.45, 2.75) is 26.2 Å². The number of carbonyl (C=O) groups is 1. The van der Waals surface area contributed by atoms with Crippen LogP contribution in [-0.4, -0.2) is 18.9 Å². The summed E-state index contributed by atoms with van der Waals surface area (Å²) in [5, 5.41) is 3.26. The molecule has 0 unspecified atom stereocenters. The highest BCUT2D eigenvalue weighted by Crippen LogP contribution is 2.14. The molecule has 0 radical (unpaired) electrons. The van der Waals surface area contributed by atoms with E-state index in [2.05, 4.69) is 5.32 Å². The van der Waals surface area contributed by atoms with Gasteiger partial charge < -0.3 is 5.32 Å². The SMILES string of the molecule is C/C=C/CC(=O)C1CCNCC1. The van der Waals surface area contributed by atoms with E-state index in [1.807, 2.05) is 19.1 Å². The Hall–Kier alpha value is -0.630. The first kappa shape index (κ1) is 9.46. The van der Waals surface area contributed by atoms with E-state index in [0.717, 1.165) is 25.9 Å². The molecular weight excluding hydrogens is 150 g/mol. The summed E-state index contributed by atoms with van der Waals surface area (Å²) in [6.07, 6.45) is 6.57. The maximum Gasteiger partial charge on any atom is 0.139 e. The van der Waals surface area contributed by atoms with E-state index in [1.54, 1.807) is 0 Å². The highest BCUT2D eigenvalue weighted by molar-refractivity contribution is 5.82. The fraction of sp³-hybridized carbons (Fsp3) is 0.700. The molecule has 0 aromatic rings. The predicted molar refractivity (Wildman–Crippen MR) is 50.0 cm³/mol. The summed E-state index contributed by atoms with van der Waals surface area (Å²) in [7, 11) is 0. The number of allylic oxidation sites excluding steroid dienone is 2. The molecule has 1 aliphatic heterocycles. The van der Waals surface area contributed by atoms with Crippen LogP contribution in [0.4, 0.5) is 0 Å². The van der Waals surface area contributed by atoms with Gasteiger partial charge in [-0.1, -0.05) is 12.2 Å². The lowest BCUT2D eigenvalue weighted by atomic mass is 9.92. The van der Waals surface area contributed by atoms with Gasteiger partial charge in [-0.25, -0.2) is 0 Å². The Morgan fingerprint density at radius 1 is 1.50 bits per heavy atom. The van der Waals surface area contributed by atoms with Gasteiger partial charge in [-0.05, 0) is 32.9 Å². The van der Waals surface area contributed by atoms with Gasteiger partial charge in [0.05, 0.1) is 0 Å². The molecule has 1 aliphatic rings. The first-order chi connectivity index (χ1) is 5.84. The van der Waals surface area contributed by atoms with Crippen LogP contribution in [-0.2, 0) is 4.79 Å². The number of Topliss-reactive ketones (excluding diaryl/α,β-unsaturated/α-hetero) is 1. The molecule has 0 atom stereocenters. The van der Waals surface area contributed by atoms with Crippen LogP contribution in [0.15, 0.2) is 12.2 Å². The maximum atomic E-state index is 11.5. The summed E-state index contributed by atoms with van der Waals surface area (Å²) >= 11 is 0. The van der Waals surface area contributed by atoms with E-state index in [4.69, 9.17) is 0 Å². The third-order valence-electron chi connectivity index (χ3n) is 2.35. The van der Waals surface area contributed by atoms with Crippen molar-refractivity contribution in [2.75, 3.05) is 13.1 Å². The van der Waals surface area contributed by atoms with Crippen LogP contribution in [0.5, 0.6) is 0 Å². The molecule has 0 amide bonds. The van der Waals surface area contributed by atoms with Gasteiger partial charge in [0, 0.05) is 12.3 Å². The zero-order chi connectivity index (χ0) is 8.81. The summed E-state index contributed by atoms with van der Waals surface area (Å²) in [5.74, 6) is 0.733. The monoisotopic (exact) mass is 167 g/mol. The minimum Gasteiger partial charge on any atom is -0.317 e. The molecule has 68 valence electrons. The van der Waals surface area contributed by atoms with Crippen molar-refractivity contribution in [1.82, 2.24) is 5.32 Å². The van der Waals surface area contributed by atoms with Crippen LogP contribution >= 0.6 is 0 Å². The van der Waals surface area contributed by atoms with Crippen LogP contribution < -0.4 is 5.32 Å². The van der Waals surface area contributed by atoms with Crippen molar-refractivity contribution in [1.29, 1.82) is 0 Å². The van der Waals surface area contributed by atoms with Crippen LogP contribution in [0.25, 0.3) is 0 Å². The minimum atomic E-state index is 0.322. The summed E-state index contributed by atoms with van der Waals surface area (Å²) < 4.78 is 0. The number of piperidine rings is 1. The molecule has 0 aromatic carbocycles. The van der Waals surface area contributed by atoms with Crippen molar-refractivity contribution in [3.63, 3.8) is 0 Å². The van der Waals surface area contributed by atoms with E-state index in [-0.39, 0.29) is 0 Å². The van der Waals surface area contributed by atoms with Gasteiger partial charge >= 0.3 is 0 Å². The molecule has 1 fully saturated rings. The molecule has 1 heterocycles. The zero-order valence-corrected chi connectivity index (χ0v) is 7.68. The van der Waals surface area contributed by atoms with Gasteiger partial charge in [-0.3, -0.25) is 4.79 Å². The van der Waals surface area contributed by atoms with Gasteiger partial charge in [0.25, 0.3) is 0 Å². The molecule has 12 heavy (non-hydrogen) atoms. The lowest BCUT2D eigenvalue weighted by molar-refractivity contribution is -0.122. The van der Waals surface area contributed by atoms with Gasteiger partial charge in [-0.15, -0.1) is 0 Å². The Morgan fingerprint density at radius 3 is 2.75 bits per heavy atom. The Kier molecular flexibility index (Phi) is 4.01. The number of nitrogens with one attached hydrogen (secondary N) is 1. The molecule has 0 aliphatic carbocycles. The van der Waals surface area contributed by atoms with Crippen LogP contribution in [0.3, 0.4) is 0 Å². The van der Waals surface area contributed by atoms with E-state index >= 15 is 0 Å². The summed E-state index contributed by atoms with van der Waals surface area (Å²) in [6.45, 7) is 3.97. The Labute approximate surface area is 74.0 Å². The fourth-order valence-electron chi connectivity index (χ4n) is 1.54. The summed E-state index contributed by atoms with van der Waals surface area (Å²) in [6, 6.07) is 0. The maximum absolute atomic E-state index is 11.5. The van der Waals surface area contributed by atoms with Crippen molar-refractivity contribution in [3.8, 4) is 0 Å². The molecule has 1 saturated heterocycles. The van der Waals surface area contributed by atoms with E-state index in [1.165, 1.54) is 0 Å². The summed E-state index contributed by atoms with van der Waals surface area (Å²) in [4.78, 5) is 11.5. The average molecular weight is 167 g/mol. The standard InChI is InChI=1S/C10H17NO/c1-2-3-4-10(12)9-5-7-11-8-6-9/h2-3,9,11H,4-8H2,1H3/b3-2+. The number of ketones is 1. The first-order valence-electron chi connectivity index (χ1n) is 4.69. The van der Waals surface area contributed by atoms with Crippen LogP contribution in [0.2, 0.25) is 0 Å². The van der Waals surface area contributed by atoms with Crippen molar-refractivity contribution in [3.05, 3.63) is 12.2 Å². The van der Waals surface area contributed by atoms with E-state index in [9.17, 15) is 4.79 Å². The van der Waals surface area contributed by atoms with Crippen molar-refractivity contribution < 1.29 is 4.79 Å². The average Bonchev–Trinajstić information content (AvgIpc) is 2.15. The molecule has 2 heteroatoms. The summed E-state index contributed by atoms with van der Waals surface area (Å²) in [5.41, 5.74) is 0. The molecule has 2 nitrogen and oxygen atoms in total. The normalized spacial score (nSPS) is 20.1. The lowest BCUT2D eigenvalue weighted by Crippen LogP contribution is -2.31. The smallest absolute Gasteiger partial charge is 0.139 e. The van der Waals surface area contributed by atoms with Gasteiger partial charge in [-0.2, -0.15) is 0 Å². The molecule has 1 rings (SSSR count). The third kappa shape index (κ3) is 2.78. The number of carbonyl (C=O) groups excluding carboxylic acids is 1. The molecule has 0 saturated carbocycles. The van der Waals surface area contributed by atoms with E-state index in [0.29, 0.717) is 18.1 Å². The lowest BCUT2D eigenvalue weighted by Gasteiger charge is -2.20. The predicted octanol–water partition coefficient (Wildman–Crippen LogP) is 1.52. The largest absolute Gasteiger partial charge is 0.317 e. The second kappa shape index (κ2) is 5.09.